The van der Waals surface area contributed by atoms with Gasteiger partial charge in [0.1, 0.15) is 10.8 Å². The molecule has 1 heterocycles. The Bertz CT molecular complexity index is 906. The van der Waals surface area contributed by atoms with Crippen LogP contribution in [0.2, 0.25) is 0 Å². The summed E-state index contributed by atoms with van der Waals surface area (Å²) in [5.74, 6) is -0.821. The quantitative estimate of drug-likeness (QED) is 0.577. The predicted octanol–water partition coefficient (Wildman–Crippen LogP) is 1.77. The first-order chi connectivity index (χ1) is 13.0. The van der Waals surface area contributed by atoms with E-state index in [4.69, 9.17) is 15.2 Å². The van der Waals surface area contributed by atoms with Gasteiger partial charge in [0, 0.05) is 4.88 Å². The van der Waals surface area contributed by atoms with Crippen LogP contribution in [0.5, 0.6) is 5.75 Å². The van der Waals surface area contributed by atoms with Crippen LogP contribution in [0.4, 0.5) is 5.00 Å². The molecule has 3 N–H and O–H groups in total. The second kappa shape index (κ2) is 7.89. The van der Waals surface area contributed by atoms with Gasteiger partial charge in [-0.2, -0.15) is 0 Å². The number of benzene rings is 1. The van der Waals surface area contributed by atoms with Gasteiger partial charge in [-0.3, -0.25) is 14.4 Å². The number of nitrogens with one attached hydrogen (secondary N) is 1. The third kappa shape index (κ3) is 3.58. The number of nitrogens with two attached hydrogens (primary N) is 1. The Morgan fingerprint density at radius 2 is 1.96 bits per heavy atom. The van der Waals surface area contributed by atoms with E-state index < -0.39 is 0 Å². The van der Waals surface area contributed by atoms with Crippen LogP contribution in [0.3, 0.4) is 0 Å². The highest BCUT2D eigenvalue weighted by atomic mass is 32.1. The normalized spacial score (nSPS) is 15.1. The Morgan fingerprint density at radius 3 is 2.63 bits per heavy atom. The number of esters is 1. The van der Waals surface area contributed by atoms with Gasteiger partial charge >= 0.3 is 5.97 Å². The van der Waals surface area contributed by atoms with Gasteiger partial charge in [0.05, 0.1) is 37.8 Å². The summed E-state index contributed by atoms with van der Waals surface area (Å²) in [4.78, 5) is 38.0. The van der Waals surface area contributed by atoms with Crippen molar-refractivity contribution in [3.63, 3.8) is 0 Å². The van der Waals surface area contributed by atoms with Crippen LogP contribution in [-0.4, -0.2) is 38.4 Å². The number of ketones is 1. The van der Waals surface area contributed by atoms with Crippen LogP contribution >= 0.6 is 11.3 Å². The van der Waals surface area contributed by atoms with Crippen molar-refractivity contribution < 1.29 is 23.9 Å². The molecule has 1 atom stereocenters. The maximum atomic E-state index is 13.3. The molecule has 0 aliphatic heterocycles. The van der Waals surface area contributed by atoms with Crippen molar-refractivity contribution in [3.8, 4) is 5.75 Å². The molecule has 1 amide bonds. The average Bonchev–Trinajstić information content (AvgIpc) is 3.24. The summed E-state index contributed by atoms with van der Waals surface area (Å²) in [6.45, 7) is -0.185. The SMILES string of the molecule is COC(=O)C1Cc2sc(NC(=O)CN)c(C(=O)c3ccccc3OC)c2C1. The summed E-state index contributed by atoms with van der Waals surface area (Å²) in [6.07, 6.45) is 0.880. The van der Waals surface area contributed by atoms with Crippen LogP contribution in [0.1, 0.15) is 26.4 Å². The maximum absolute atomic E-state index is 13.3. The molecule has 8 heteroatoms. The second-order valence-electron chi connectivity index (χ2n) is 6.12. The van der Waals surface area contributed by atoms with Gasteiger partial charge in [0.2, 0.25) is 5.91 Å². The Hall–Kier alpha value is -2.71. The van der Waals surface area contributed by atoms with E-state index in [1.165, 1.54) is 25.6 Å². The summed E-state index contributed by atoms with van der Waals surface area (Å²) in [5.41, 5.74) is 6.97. The number of carbonyl (C=O) groups excluding carboxylic acids is 3. The minimum atomic E-state index is -0.381. The number of hydrogen-bond donors (Lipinski definition) is 2. The Morgan fingerprint density at radius 1 is 1.22 bits per heavy atom. The van der Waals surface area contributed by atoms with E-state index >= 15 is 0 Å². The largest absolute Gasteiger partial charge is 0.496 e. The molecule has 7 nitrogen and oxygen atoms in total. The second-order valence-corrected chi connectivity index (χ2v) is 7.22. The lowest BCUT2D eigenvalue weighted by molar-refractivity contribution is -0.145. The molecule has 27 heavy (non-hydrogen) atoms. The van der Waals surface area contributed by atoms with Gasteiger partial charge in [-0.15, -0.1) is 11.3 Å². The third-order valence-electron chi connectivity index (χ3n) is 4.52. The van der Waals surface area contributed by atoms with Crippen LogP contribution in [-0.2, 0) is 27.2 Å². The zero-order chi connectivity index (χ0) is 19.6. The van der Waals surface area contributed by atoms with E-state index in [1.54, 1.807) is 24.3 Å². The summed E-state index contributed by atoms with van der Waals surface area (Å²) < 4.78 is 10.1. The summed E-state index contributed by atoms with van der Waals surface area (Å²) >= 11 is 1.30. The number of fused-ring (bicyclic) bond motifs is 1. The van der Waals surface area contributed by atoms with E-state index in [2.05, 4.69) is 5.32 Å². The van der Waals surface area contributed by atoms with Crippen LogP contribution in [0.25, 0.3) is 0 Å². The fourth-order valence-corrected chi connectivity index (χ4v) is 4.56. The summed E-state index contributed by atoms with van der Waals surface area (Å²) in [6, 6.07) is 6.90. The fourth-order valence-electron chi connectivity index (χ4n) is 3.24. The van der Waals surface area contributed by atoms with Gasteiger partial charge < -0.3 is 20.5 Å². The van der Waals surface area contributed by atoms with E-state index in [0.29, 0.717) is 34.7 Å². The minimum absolute atomic E-state index is 0.185. The molecule has 3 rings (SSSR count). The molecule has 0 bridgehead atoms. The van der Waals surface area contributed by atoms with E-state index in [9.17, 15) is 14.4 Å². The number of carbonyl (C=O) groups is 3. The van der Waals surface area contributed by atoms with Crippen molar-refractivity contribution in [3.05, 3.63) is 45.8 Å². The highest BCUT2D eigenvalue weighted by Crippen LogP contribution is 2.43. The van der Waals surface area contributed by atoms with Crippen LogP contribution < -0.4 is 15.8 Å². The molecule has 0 saturated heterocycles. The first-order valence-electron chi connectivity index (χ1n) is 8.40. The van der Waals surface area contributed by atoms with Crippen molar-refractivity contribution in [1.82, 2.24) is 0 Å². The highest BCUT2D eigenvalue weighted by Gasteiger charge is 2.36. The van der Waals surface area contributed by atoms with Crippen molar-refractivity contribution in [2.24, 2.45) is 11.7 Å². The van der Waals surface area contributed by atoms with E-state index in [0.717, 1.165) is 10.4 Å². The molecule has 1 aromatic heterocycles. The lowest BCUT2D eigenvalue weighted by Gasteiger charge is -2.11. The monoisotopic (exact) mass is 388 g/mol. The topological polar surface area (TPSA) is 108 Å². The molecule has 0 radical (unpaired) electrons. The molecule has 2 aromatic rings. The number of ether oxygens (including phenoxy) is 2. The van der Waals surface area contributed by atoms with Crippen molar-refractivity contribution in [2.45, 2.75) is 12.8 Å². The molecule has 142 valence electrons. The third-order valence-corrected chi connectivity index (χ3v) is 5.69. The first-order valence-corrected chi connectivity index (χ1v) is 9.21. The lowest BCUT2D eigenvalue weighted by Crippen LogP contribution is -2.23. The first kappa shape index (κ1) is 19.1. The van der Waals surface area contributed by atoms with E-state index in [1.807, 2.05) is 0 Å². The number of anilines is 1. The lowest BCUT2D eigenvalue weighted by atomic mass is 9.98. The summed E-state index contributed by atoms with van der Waals surface area (Å²) in [5, 5.41) is 3.17. The Labute approximate surface area is 160 Å². The Balaban J connectivity index is 2.06. The number of thiophene rings is 1. The van der Waals surface area contributed by atoms with Crippen molar-refractivity contribution in [2.75, 3.05) is 26.1 Å². The number of amides is 1. The minimum Gasteiger partial charge on any atom is -0.496 e. The molecular weight excluding hydrogens is 368 g/mol. The van der Waals surface area contributed by atoms with Gasteiger partial charge in [-0.25, -0.2) is 0 Å². The Kier molecular flexibility index (Phi) is 5.57. The molecule has 0 fully saturated rings. The molecule has 1 unspecified atom stereocenters. The predicted molar refractivity (Wildman–Crippen MR) is 101 cm³/mol. The fraction of sp³-hybridized carbons (Fsp3) is 0.316. The zero-order valence-electron chi connectivity index (χ0n) is 15.0. The molecule has 1 aliphatic rings. The molecule has 0 saturated carbocycles. The standard InChI is InChI=1S/C19H20N2O5S/c1-25-13-6-4-3-5-11(13)17(23)16-12-7-10(19(24)26-2)8-14(12)27-18(16)21-15(22)9-20/h3-6,10H,7-9,20H2,1-2H3,(H,21,22). The molecular formula is C19H20N2O5S. The maximum Gasteiger partial charge on any atom is 0.309 e. The van der Waals surface area contributed by atoms with Gasteiger partial charge in [0.15, 0.2) is 5.78 Å². The molecule has 1 aliphatic carbocycles. The van der Waals surface area contributed by atoms with Gasteiger partial charge in [0.25, 0.3) is 0 Å². The average molecular weight is 388 g/mol. The van der Waals surface area contributed by atoms with Gasteiger partial charge in [-0.1, -0.05) is 12.1 Å². The molecule has 0 spiro atoms. The van der Waals surface area contributed by atoms with Crippen molar-refractivity contribution in [1.29, 1.82) is 0 Å². The number of hydrogen-bond acceptors (Lipinski definition) is 7. The van der Waals surface area contributed by atoms with Crippen LogP contribution in [0, 0.1) is 5.92 Å². The smallest absolute Gasteiger partial charge is 0.309 e. The van der Waals surface area contributed by atoms with E-state index in [-0.39, 0.29) is 30.1 Å². The van der Waals surface area contributed by atoms with Crippen LogP contribution in [0.15, 0.2) is 24.3 Å². The summed E-state index contributed by atoms with van der Waals surface area (Å²) in [7, 11) is 2.84. The number of rotatable bonds is 6. The molecule has 1 aromatic carbocycles. The highest BCUT2D eigenvalue weighted by molar-refractivity contribution is 7.17. The van der Waals surface area contributed by atoms with Crippen molar-refractivity contribution >= 4 is 34.0 Å². The number of methoxy groups -OCH3 is 2. The van der Waals surface area contributed by atoms with Gasteiger partial charge in [-0.05, 0) is 30.5 Å². The number of para-hydroxylation sites is 1. The zero-order valence-corrected chi connectivity index (χ0v) is 15.9.